The van der Waals surface area contributed by atoms with Crippen molar-refractivity contribution in [2.45, 2.75) is 45.3 Å². The van der Waals surface area contributed by atoms with Crippen molar-refractivity contribution in [3.8, 4) is 0 Å². The van der Waals surface area contributed by atoms with E-state index in [0.717, 1.165) is 74.7 Å². The van der Waals surface area contributed by atoms with Gasteiger partial charge in [0.05, 0.1) is 12.1 Å². The summed E-state index contributed by atoms with van der Waals surface area (Å²) in [5.41, 5.74) is 0.912. The molecule has 3 N–H and O–H groups in total. The molecule has 1 aromatic carbocycles. The molecule has 1 atom stereocenters. The van der Waals surface area contributed by atoms with Crippen LogP contribution >= 0.6 is 24.0 Å². The van der Waals surface area contributed by atoms with E-state index in [4.69, 9.17) is 9.41 Å². The molecular weight excluding hydrogens is 467 g/mol. The third-order valence-corrected chi connectivity index (χ3v) is 5.03. The van der Waals surface area contributed by atoms with Crippen molar-refractivity contribution in [2.24, 2.45) is 4.99 Å². The monoisotopic (exact) mass is 500 g/mol. The SMILES string of the molecule is CCNC(=NCCCN1CCC(O)CC1)NC(C)c1cc2ccccc2o1.I. The average molecular weight is 500 g/mol. The second-order valence-electron chi connectivity index (χ2n) is 7.24. The van der Waals surface area contributed by atoms with Crippen LogP contribution in [-0.2, 0) is 0 Å². The van der Waals surface area contributed by atoms with Crippen molar-refractivity contribution >= 4 is 40.9 Å². The van der Waals surface area contributed by atoms with Gasteiger partial charge in [-0.3, -0.25) is 4.99 Å². The lowest BCUT2D eigenvalue weighted by molar-refractivity contribution is 0.0824. The summed E-state index contributed by atoms with van der Waals surface area (Å²) < 4.78 is 5.95. The molecule has 1 aliphatic heterocycles. The Kier molecular flexibility index (Phi) is 9.53. The summed E-state index contributed by atoms with van der Waals surface area (Å²) in [6, 6.07) is 10.2. The number of piperidine rings is 1. The fourth-order valence-electron chi connectivity index (χ4n) is 3.44. The summed E-state index contributed by atoms with van der Waals surface area (Å²) in [6.45, 7) is 8.78. The fourth-order valence-corrected chi connectivity index (χ4v) is 3.44. The van der Waals surface area contributed by atoms with Crippen LogP contribution in [0.25, 0.3) is 11.0 Å². The lowest BCUT2D eigenvalue weighted by Gasteiger charge is -2.29. The van der Waals surface area contributed by atoms with Crippen LogP contribution in [0.4, 0.5) is 0 Å². The first kappa shape index (κ1) is 23.0. The highest BCUT2D eigenvalue weighted by atomic mass is 127. The number of aliphatic hydroxyl groups excluding tert-OH is 1. The molecule has 2 heterocycles. The van der Waals surface area contributed by atoms with E-state index in [2.05, 4.69) is 41.5 Å². The molecule has 2 aromatic rings. The zero-order valence-electron chi connectivity index (χ0n) is 16.9. The number of aliphatic hydroxyl groups is 1. The Morgan fingerprint density at radius 3 is 2.79 bits per heavy atom. The van der Waals surface area contributed by atoms with Gasteiger partial charge < -0.3 is 25.1 Å². The van der Waals surface area contributed by atoms with Gasteiger partial charge in [-0.15, -0.1) is 24.0 Å². The van der Waals surface area contributed by atoms with Crippen LogP contribution in [0, 0.1) is 0 Å². The predicted molar refractivity (Wildman–Crippen MR) is 125 cm³/mol. The molecule has 1 saturated heterocycles. The average Bonchev–Trinajstić information content (AvgIpc) is 3.11. The summed E-state index contributed by atoms with van der Waals surface area (Å²) in [5, 5.41) is 17.5. The highest BCUT2D eigenvalue weighted by Gasteiger charge is 2.16. The molecule has 28 heavy (non-hydrogen) atoms. The van der Waals surface area contributed by atoms with Crippen molar-refractivity contribution in [3.05, 3.63) is 36.1 Å². The summed E-state index contributed by atoms with van der Waals surface area (Å²) in [5.74, 6) is 1.73. The molecule has 0 amide bonds. The van der Waals surface area contributed by atoms with Gasteiger partial charge in [0.15, 0.2) is 5.96 Å². The molecule has 0 radical (unpaired) electrons. The number of furan rings is 1. The number of nitrogens with one attached hydrogen (secondary N) is 2. The maximum atomic E-state index is 9.58. The summed E-state index contributed by atoms with van der Waals surface area (Å²) >= 11 is 0. The summed E-state index contributed by atoms with van der Waals surface area (Å²) in [4.78, 5) is 7.13. The fraction of sp³-hybridized carbons (Fsp3) is 0.571. The van der Waals surface area contributed by atoms with Gasteiger partial charge in [0, 0.05) is 31.6 Å². The molecule has 0 aliphatic carbocycles. The van der Waals surface area contributed by atoms with Crippen molar-refractivity contribution in [3.63, 3.8) is 0 Å². The van der Waals surface area contributed by atoms with Crippen molar-refractivity contribution in [1.29, 1.82) is 0 Å². The van der Waals surface area contributed by atoms with Crippen LogP contribution in [0.1, 0.15) is 44.9 Å². The van der Waals surface area contributed by atoms with Gasteiger partial charge in [-0.1, -0.05) is 18.2 Å². The number of guanidine groups is 1. The maximum absolute atomic E-state index is 9.58. The predicted octanol–water partition coefficient (Wildman–Crippen LogP) is 3.51. The first-order chi connectivity index (χ1) is 13.2. The van der Waals surface area contributed by atoms with Crippen LogP contribution in [0.3, 0.4) is 0 Å². The molecule has 1 unspecified atom stereocenters. The Morgan fingerprint density at radius 2 is 2.07 bits per heavy atom. The zero-order chi connectivity index (χ0) is 19.1. The lowest BCUT2D eigenvalue weighted by Crippen LogP contribution is -2.39. The number of para-hydroxylation sites is 1. The maximum Gasteiger partial charge on any atom is 0.191 e. The number of rotatable bonds is 7. The molecule has 6 nitrogen and oxygen atoms in total. The van der Waals surface area contributed by atoms with Gasteiger partial charge in [-0.05, 0) is 51.8 Å². The number of hydrogen-bond donors (Lipinski definition) is 3. The number of fused-ring (bicyclic) bond motifs is 1. The smallest absolute Gasteiger partial charge is 0.191 e. The van der Waals surface area contributed by atoms with Gasteiger partial charge in [0.25, 0.3) is 0 Å². The number of hydrogen-bond acceptors (Lipinski definition) is 4. The first-order valence-corrected chi connectivity index (χ1v) is 10.1. The van der Waals surface area contributed by atoms with Crippen LogP contribution < -0.4 is 10.6 Å². The van der Waals surface area contributed by atoms with E-state index in [-0.39, 0.29) is 36.1 Å². The van der Waals surface area contributed by atoms with E-state index in [9.17, 15) is 5.11 Å². The van der Waals surface area contributed by atoms with Crippen LogP contribution in [0.5, 0.6) is 0 Å². The normalized spacial score (nSPS) is 17.3. The van der Waals surface area contributed by atoms with Gasteiger partial charge in [-0.2, -0.15) is 0 Å². The first-order valence-electron chi connectivity index (χ1n) is 10.1. The highest BCUT2D eigenvalue weighted by molar-refractivity contribution is 14.0. The summed E-state index contributed by atoms with van der Waals surface area (Å²) in [7, 11) is 0. The number of benzene rings is 1. The Hall–Kier alpha value is -1.32. The minimum atomic E-state index is -0.108. The molecule has 156 valence electrons. The quantitative estimate of drug-likeness (QED) is 0.235. The Labute approximate surface area is 184 Å². The molecule has 1 fully saturated rings. The van der Waals surface area contributed by atoms with Gasteiger partial charge in [-0.25, -0.2) is 0 Å². The van der Waals surface area contributed by atoms with E-state index < -0.39 is 0 Å². The third-order valence-electron chi connectivity index (χ3n) is 5.03. The van der Waals surface area contributed by atoms with Crippen molar-refractivity contribution < 1.29 is 9.52 Å². The van der Waals surface area contributed by atoms with Crippen LogP contribution in [0.2, 0.25) is 0 Å². The largest absolute Gasteiger partial charge is 0.459 e. The van der Waals surface area contributed by atoms with E-state index in [1.807, 2.05) is 18.2 Å². The molecule has 0 spiro atoms. The third kappa shape index (κ3) is 6.63. The highest BCUT2D eigenvalue weighted by Crippen LogP contribution is 2.23. The molecule has 0 saturated carbocycles. The molecule has 7 heteroatoms. The van der Waals surface area contributed by atoms with Gasteiger partial charge in [0.2, 0.25) is 0 Å². The number of nitrogens with zero attached hydrogens (tertiary/aromatic N) is 2. The minimum absolute atomic E-state index is 0. The topological polar surface area (TPSA) is 73.0 Å². The second kappa shape index (κ2) is 11.6. The molecule has 1 aromatic heterocycles. The van der Waals surface area contributed by atoms with E-state index in [1.165, 1.54) is 0 Å². The Morgan fingerprint density at radius 1 is 1.32 bits per heavy atom. The van der Waals surface area contributed by atoms with Gasteiger partial charge in [0.1, 0.15) is 11.3 Å². The standard InChI is InChI=1S/C21H32N4O2.HI/c1-3-22-21(23-11-6-12-25-13-9-18(26)10-14-25)24-16(2)20-15-17-7-4-5-8-19(17)27-20;/h4-5,7-8,15-16,18,26H,3,6,9-14H2,1-2H3,(H2,22,23,24);1H. The van der Waals surface area contributed by atoms with E-state index in [1.54, 1.807) is 0 Å². The number of likely N-dealkylation sites (tertiary alicyclic amines) is 1. The number of aliphatic imine (C=N–C) groups is 1. The second-order valence-corrected chi connectivity index (χ2v) is 7.24. The van der Waals surface area contributed by atoms with Crippen molar-refractivity contribution in [1.82, 2.24) is 15.5 Å². The van der Waals surface area contributed by atoms with E-state index >= 15 is 0 Å². The minimum Gasteiger partial charge on any atom is -0.459 e. The van der Waals surface area contributed by atoms with Crippen molar-refractivity contribution in [2.75, 3.05) is 32.7 Å². The Balaban J connectivity index is 0.00000280. The summed E-state index contributed by atoms with van der Waals surface area (Å²) in [6.07, 6.45) is 2.69. The molecular formula is C21H33IN4O2. The van der Waals surface area contributed by atoms with Crippen LogP contribution in [-0.4, -0.2) is 54.8 Å². The molecule has 0 bridgehead atoms. The molecule has 1 aliphatic rings. The van der Waals surface area contributed by atoms with Gasteiger partial charge >= 0.3 is 0 Å². The number of halogens is 1. The zero-order valence-corrected chi connectivity index (χ0v) is 19.2. The lowest BCUT2D eigenvalue weighted by atomic mass is 10.1. The van der Waals surface area contributed by atoms with E-state index in [0.29, 0.717) is 0 Å². The Bertz CT molecular complexity index is 708. The molecule has 3 rings (SSSR count). The van der Waals surface area contributed by atoms with Crippen LogP contribution in [0.15, 0.2) is 39.7 Å².